The summed E-state index contributed by atoms with van der Waals surface area (Å²) >= 11 is 0. The number of carbonyl (C=O) groups excluding carboxylic acids is 1. The van der Waals surface area contributed by atoms with Crippen molar-refractivity contribution in [3.63, 3.8) is 0 Å². The first-order valence-corrected chi connectivity index (χ1v) is 8.19. The molecule has 21 heavy (non-hydrogen) atoms. The molecule has 0 bridgehead atoms. The summed E-state index contributed by atoms with van der Waals surface area (Å²) in [4.78, 5) is 13.0. The lowest BCUT2D eigenvalue weighted by Gasteiger charge is -2.18. The number of nitrogens with one attached hydrogen (secondary N) is 1. The van der Waals surface area contributed by atoms with E-state index in [1.54, 1.807) is 11.8 Å². The van der Waals surface area contributed by atoms with Crippen LogP contribution < -0.4 is 5.32 Å². The van der Waals surface area contributed by atoms with Gasteiger partial charge in [0.25, 0.3) is 0 Å². The number of benzene rings is 1. The van der Waals surface area contributed by atoms with Crippen LogP contribution in [0.1, 0.15) is 51.0 Å². The Balaban J connectivity index is 1.86. The Morgan fingerprint density at radius 1 is 1.24 bits per heavy atom. The standard InChI is InChI=1S/C18H28N2O/c1-15(21)20(2)14-17-10-7-11-18(12-17)19-13-16-8-5-3-4-6-9-16/h7,10-12,16,19H,3-6,8-9,13-14H2,1-2H3. The maximum absolute atomic E-state index is 11.3. The lowest BCUT2D eigenvalue weighted by atomic mass is 10.0. The average molecular weight is 288 g/mol. The van der Waals surface area contributed by atoms with Crippen LogP contribution in [0.25, 0.3) is 0 Å². The highest BCUT2D eigenvalue weighted by atomic mass is 16.2. The first-order chi connectivity index (χ1) is 10.1. The van der Waals surface area contributed by atoms with Gasteiger partial charge in [0.15, 0.2) is 0 Å². The van der Waals surface area contributed by atoms with Crippen LogP contribution in [0, 0.1) is 5.92 Å². The lowest BCUT2D eigenvalue weighted by Crippen LogP contribution is -2.23. The van der Waals surface area contributed by atoms with E-state index in [4.69, 9.17) is 0 Å². The first kappa shape index (κ1) is 15.9. The van der Waals surface area contributed by atoms with Crippen molar-refractivity contribution >= 4 is 11.6 Å². The van der Waals surface area contributed by atoms with E-state index in [-0.39, 0.29) is 5.91 Å². The van der Waals surface area contributed by atoms with Crippen molar-refractivity contribution in [2.24, 2.45) is 5.92 Å². The molecule has 0 spiro atoms. The van der Waals surface area contributed by atoms with E-state index in [9.17, 15) is 4.79 Å². The van der Waals surface area contributed by atoms with Gasteiger partial charge in [0.2, 0.25) is 5.91 Å². The Hall–Kier alpha value is -1.51. The number of anilines is 1. The quantitative estimate of drug-likeness (QED) is 0.829. The second kappa shape index (κ2) is 8.06. The van der Waals surface area contributed by atoms with E-state index < -0.39 is 0 Å². The zero-order valence-electron chi connectivity index (χ0n) is 13.4. The van der Waals surface area contributed by atoms with E-state index in [2.05, 4.69) is 29.6 Å². The topological polar surface area (TPSA) is 32.3 Å². The summed E-state index contributed by atoms with van der Waals surface area (Å²) in [6, 6.07) is 8.43. The highest BCUT2D eigenvalue weighted by Gasteiger charge is 2.12. The molecule has 0 radical (unpaired) electrons. The van der Waals surface area contributed by atoms with E-state index >= 15 is 0 Å². The van der Waals surface area contributed by atoms with Crippen LogP contribution in [-0.4, -0.2) is 24.4 Å². The van der Waals surface area contributed by atoms with Gasteiger partial charge in [0.1, 0.15) is 0 Å². The van der Waals surface area contributed by atoms with Crippen molar-refractivity contribution in [1.82, 2.24) is 4.90 Å². The van der Waals surface area contributed by atoms with Gasteiger partial charge in [-0.1, -0.05) is 37.8 Å². The number of hydrogen-bond donors (Lipinski definition) is 1. The zero-order valence-corrected chi connectivity index (χ0v) is 13.4. The third-order valence-electron chi connectivity index (χ3n) is 4.45. The summed E-state index contributed by atoms with van der Waals surface area (Å²) < 4.78 is 0. The Kier molecular flexibility index (Phi) is 6.09. The molecule has 1 fully saturated rings. The summed E-state index contributed by atoms with van der Waals surface area (Å²) in [6.07, 6.45) is 8.30. The van der Waals surface area contributed by atoms with Crippen LogP contribution in [0.5, 0.6) is 0 Å². The van der Waals surface area contributed by atoms with Gasteiger partial charge in [0, 0.05) is 32.7 Å². The maximum atomic E-state index is 11.3. The minimum absolute atomic E-state index is 0.104. The molecule has 0 saturated heterocycles. The number of carbonyl (C=O) groups is 1. The molecule has 0 unspecified atom stereocenters. The molecule has 0 aliphatic heterocycles. The van der Waals surface area contributed by atoms with Crippen molar-refractivity contribution in [3.8, 4) is 0 Å². The van der Waals surface area contributed by atoms with E-state index in [0.29, 0.717) is 6.54 Å². The van der Waals surface area contributed by atoms with Gasteiger partial charge in [0.05, 0.1) is 0 Å². The van der Waals surface area contributed by atoms with Gasteiger partial charge in [-0.25, -0.2) is 0 Å². The molecule has 116 valence electrons. The van der Waals surface area contributed by atoms with Gasteiger partial charge in [-0.15, -0.1) is 0 Å². The molecule has 3 nitrogen and oxygen atoms in total. The minimum atomic E-state index is 0.104. The lowest BCUT2D eigenvalue weighted by molar-refractivity contribution is -0.128. The first-order valence-electron chi connectivity index (χ1n) is 8.19. The van der Waals surface area contributed by atoms with Gasteiger partial charge in [-0.3, -0.25) is 4.79 Å². The second-order valence-electron chi connectivity index (χ2n) is 6.31. The Labute approximate surface area is 128 Å². The highest BCUT2D eigenvalue weighted by molar-refractivity contribution is 5.72. The van der Waals surface area contributed by atoms with Crippen molar-refractivity contribution in [1.29, 1.82) is 0 Å². The Morgan fingerprint density at radius 3 is 2.62 bits per heavy atom. The van der Waals surface area contributed by atoms with E-state index in [1.807, 2.05) is 7.05 Å². The summed E-state index contributed by atoms with van der Waals surface area (Å²) in [5.74, 6) is 0.919. The van der Waals surface area contributed by atoms with Crippen molar-refractivity contribution in [2.75, 3.05) is 18.9 Å². The summed E-state index contributed by atoms with van der Waals surface area (Å²) in [7, 11) is 1.84. The van der Waals surface area contributed by atoms with Crippen LogP contribution in [0.4, 0.5) is 5.69 Å². The Bertz CT molecular complexity index is 450. The fourth-order valence-electron chi connectivity index (χ4n) is 3.00. The van der Waals surface area contributed by atoms with Crippen LogP contribution in [0.2, 0.25) is 0 Å². The molecule has 1 aliphatic carbocycles. The molecule has 1 N–H and O–H groups in total. The molecule has 2 rings (SSSR count). The van der Waals surface area contributed by atoms with Crippen molar-refractivity contribution in [2.45, 2.75) is 52.0 Å². The van der Waals surface area contributed by atoms with Gasteiger partial charge in [-0.05, 0) is 36.5 Å². The maximum Gasteiger partial charge on any atom is 0.219 e. The van der Waals surface area contributed by atoms with Crippen molar-refractivity contribution in [3.05, 3.63) is 29.8 Å². The third-order valence-corrected chi connectivity index (χ3v) is 4.45. The van der Waals surface area contributed by atoms with Crippen LogP contribution >= 0.6 is 0 Å². The number of rotatable bonds is 5. The molecule has 3 heteroatoms. The Morgan fingerprint density at radius 2 is 1.95 bits per heavy atom. The van der Waals surface area contributed by atoms with E-state index in [1.165, 1.54) is 49.8 Å². The summed E-state index contributed by atoms with van der Waals surface area (Å²) in [6.45, 7) is 3.36. The SMILES string of the molecule is CC(=O)N(C)Cc1cccc(NCC2CCCCCC2)c1. The highest BCUT2D eigenvalue weighted by Crippen LogP contribution is 2.23. The van der Waals surface area contributed by atoms with Gasteiger partial charge < -0.3 is 10.2 Å². The fraction of sp³-hybridized carbons (Fsp3) is 0.611. The minimum Gasteiger partial charge on any atom is -0.385 e. The predicted molar refractivity (Wildman–Crippen MR) is 88.3 cm³/mol. The number of amides is 1. The number of nitrogens with zero attached hydrogens (tertiary/aromatic N) is 1. The molecule has 0 aromatic heterocycles. The van der Waals surface area contributed by atoms with Crippen LogP contribution in [0.3, 0.4) is 0 Å². The molecule has 1 aliphatic rings. The van der Waals surface area contributed by atoms with E-state index in [0.717, 1.165) is 12.5 Å². The normalized spacial score (nSPS) is 16.3. The number of hydrogen-bond acceptors (Lipinski definition) is 2. The van der Waals surface area contributed by atoms with Crippen LogP contribution in [0.15, 0.2) is 24.3 Å². The molecular weight excluding hydrogens is 260 g/mol. The molecule has 0 atom stereocenters. The fourth-order valence-corrected chi connectivity index (χ4v) is 3.00. The summed E-state index contributed by atoms with van der Waals surface area (Å²) in [5, 5.41) is 3.58. The smallest absolute Gasteiger partial charge is 0.219 e. The molecule has 1 aromatic carbocycles. The predicted octanol–water partition coefficient (Wildman–Crippen LogP) is 4.05. The third kappa shape index (κ3) is 5.41. The summed E-state index contributed by atoms with van der Waals surface area (Å²) in [5.41, 5.74) is 2.35. The van der Waals surface area contributed by atoms with Crippen molar-refractivity contribution < 1.29 is 4.79 Å². The monoisotopic (exact) mass is 288 g/mol. The van der Waals surface area contributed by atoms with Gasteiger partial charge >= 0.3 is 0 Å². The van der Waals surface area contributed by atoms with Crippen LogP contribution in [-0.2, 0) is 11.3 Å². The largest absolute Gasteiger partial charge is 0.385 e. The molecule has 1 saturated carbocycles. The molecule has 1 aromatic rings. The molecular formula is C18H28N2O. The second-order valence-corrected chi connectivity index (χ2v) is 6.31. The zero-order chi connectivity index (χ0) is 15.1. The van der Waals surface area contributed by atoms with Gasteiger partial charge in [-0.2, -0.15) is 0 Å². The molecule has 1 amide bonds. The average Bonchev–Trinajstić information content (AvgIpc) is 2.74. The molecule has 0 heterocycles.